The van der Waals surface area contributed by atoms with Crippen LogP contribution in [0.1, 0.15) is 0 Å². The molecular weight excluding hydrogens is 255 g/mol. The molecule has 5 heteroatoms. The van der Waals surface area contributed by atoms with Gasteiger partial charge in [0, 0.05) is 16.3 Å². The van der Waals surface area contributed by atoms with Crippen LogP contribution in [-0.2, 0) is 0 Å². The molecule has 4 aromatic rings. The van der Waals surface area contributed by atoms with Gasteiger partial charge in [-0.25, -0.2) is 4.39 Å². The van der Waals surface area contributed by atoms with Crippen molar-refractivity contribution in [2.75, 3.05) is 0 Å². The molecule has 0 fully saturated rings. The largest absolute Gasteiger partial charge is 0.207 e. The summed E-state index contributed by atoms with van der Waals surface area (Å²) >= 11 is 0. The molecule has 20 heavy (non-hydrogen) atoms. The van der Waals surface area contributed by atoms with Crippen LogP contribution in [0.25, 0.3) is 27.8 Å². The summed E-state index contributed by atoms with van der Waals surface area (Å²) in [4.78, 5) is 0. The second kappa shape index (κ2) is 4.09. The highest BCUT2D eigenvalue weighted by atomic mass is 19.1. The Balaban J connectivity index is 2.02. The third-order valence-electron chi connectivity index (χ3n) is 3.26. The van der Waals surface area contributed by atoms with Gasteiger partial charge in [0.15, 0.2) is 11.5 Å². The van der Waals surface area contributed by atoms with E-state index in [-0.39, 0.29) is 5.82 Å². The van der Waals surface area contributed by atoms with Crippen molar-refractivity contribution in [1.29, 1.82) is 0 Å². The van der Waals surface area contributed by atoms with Crippen molar-refractivity contribution in [3.05, 3.63) is 60.5 Å². The van der Waals surface area contributed by atoms with Crippen LogP contribution >= 0.6 is 0 Å². The first-order chi connectivity index (χ1) is 9.83. The van der Waals surface area contributed by atoms with Gasteiger partial charge >= 0.3 is 0 Å². The van der Waals surface area contributed by atoms with Crippen LogP contribution in [0.4, 0.5) is 4.39 Å². The highest BCUT2D eigenvalue weighted by molar-refractivity contribution is 5.93. The molecule has 0 amide bonds. The number of halogens is 1. The zero-order valence-corrected chi connectivity index (χ0v) is 10.4. The standard InChI is InChI=1S/C15H9FN4/c16-12-7-5-10(6-8-12)14-18-19-15-13-4-2-1-3-11(13)9-17-20(14)15/h1-9H. The molecule has 0 N–H and O–H groups in total. The minimum atomic E-state index is -0.277. The van der Waals surface area contributed by atoms with Gasteiger partial charge in [0.25, 0.3) is 0 Å². The lowest BCUT2D eigenvalue weighted by molar-refractivity contribution is 0.628. The third-order valence-corrected chi connectivity index (χ3v) is 3.26. The van der Waals surface area contributed by atoms with Crippen molar-refractivity contribution in [2.45, 2.75) is 0 Å². The SMILES string of the molecule is Fc1ccc(-c2nnc3c4ccccc4cnn23)cc1. The van der Waals surface area contributed by atoms with Crippen LogP contribution in [-0.4, -0.2) is 19.8 Å². The van der Waals surface area contributed by atoms with E-state index in [2.05, 4.69) is 15.3 Å². The number of hydrogen-bond donors (Lipinski definition) is 0. The van der Waals surface area contributed by atoms with Crippen LogP contribution in [0.15, 0.2) is 54.7 Å². The Hall–Kier alpha value is -2.82. The van der Waals surface area contributed by atoms with E-state index < -0.39 is 0 Å². The molecule has 96 valence electrons. The highest BCUT2D eigenvalue weighted by Gasteiger charge is 2.11. The molecule has 0 aliphatic heterocycles. The van der Waals surface area contributed by atoms with Crippen molar-refractivity contribution < 1.29 is 4.39 Å². The normalized spacial score (nSPS) is 11.2. The Morgan fingerprint density at radius 2 is 1.70 bits per heavy atom. The fraction of sp³-hybridized carbons (Fsp3) is 0. The third kappa shape index (κ3) is 1.56. The molecule has 0 spiro atoms. The smallest absolute Gasteiger partial charge is 0.186 e. The molecule has 0 atom stereocenters. The van der Waals surface area contributed by atoms with E-state index in [9.17, 15) is 4.39 Å². The van der Waals surface area contributed by atoms with E-state index in [0.717, 1.165) is 16.3 Å². The summed E-state index contributed by atoms with van der Waals surface area (Å²) in [6.07, 6.45) is 1.78. The predicted molar refractivity (Wildman–Crippen MR) is 73.7 cm³/mol. The first kappa shape index (κ1) is 11.0. The Morgan fingerprint density at radius 3 is 2.55 bits per heavy atom. The Kier molecular flexibility index (Phi) is 2.26. The molecule has 0 unspecified atom stereocenters. The lowest BCUT2D eigenvalue weighted by Gasteiger charge is -2.01. The summed E-state index contributed by atoms with van der Waals surface area (Å²) in [6, 6.07) is 14.0. The number of nitrogens with zero attached hydrogens (tertiary/aromatic N) is 4. The molecule has 0 radical (unpaired) electrons. The molecule has 0 aliphatic rings. The molecule has 0 aliphatic carbocycles. The van der Waals surface area contributed by atoms with Crippen LogP contribution in [0.2, 0.25) is 0 Å². The quantitative estimate of drug-likeness (QED) is 0.530. The van der Waals surface area contributed by atoms with Crippen LogP contribution in [0, 0.1) is 5.82 Å². The van der Waals surface area contributed by atoms with Gasteiger partial charge in [0.1, 0.15) is 5.82 Å². The van der Waals surface area contributed by atoms with Crippen LogP contribution < -0.4 is 0 Å². The summed E-state index contributed by atoms with van der Waals surface area (Å²) in [5.41, 5.74) is 1.48. The Labute approximate surface area is 113 Å². The number of rotatable bonds is 1. The molecule has 2 aromatic heterocycles. The average molecular weight is 264 g/mol. The topological polar surface area (TPSA) is 43.1 Å². The van der Waals surface area contributed by atoms with Gasteiger partial charge in [-0.2, -0.15) is 9.61 Å². The predicted octanol–water partition coefficient (Wildman–Crippen LogP) is 3.08. The highest BCUT2D eigenvalue weighted by Crippen LogP contribution is 2.22. The molecule has 4 nitrogen and oxygen atoms in total. The summed E-state index contributed by atoms with van der Waals surface area (Å²) in [5, 5.41) is 14.7. The molecular formula is C15H9FN4. The zero-order chi connectivity index (χ0) is 13.5. The lowest BCUT2D eigenvalue weighted by atomic mass is 10.2. The summed E-state index contributed by atoms with van der Waals surface area (Å²) in [7, 11) is 0. The van der Waals surface area contributed by atoms with Crippen molar-refractivity contribution in [2.24, 2.45) is 0 Å². The van der Waals surface area contributed by atoms with Crippen molar-refractivity contribution >= 4 is 16.4 Å². The van der Waals surface area contributed by atoms with Gasteiger partial charge in [-0.05, 0) is 24.3 Å². The van der Waals surface area contributed by atoms with Crippen molar-refractivity contribution in [3.8, 4) is 11.4 Å². The van der Waals surface area contributed by atoms with E-state index in [1.165, 1.54) is 12.1 Å². The van der Waals surface area contributed by atoms with E-state index in [4.69, 9.17) is 0 Å². The van der Waals surface area contributed by atoms with Gasteiger partial charge < -0.3 is 0 Å². The maximum absolute atomic E-state index is 13.0. The zero-order valence-electron chi connectivity index (χ0n) is 10.4. The molecule has 0 saturated carbocycles. The van der Waals surface area contributed by atoms with E-state index >= 15 is 0 Å². The first-order valence-electron chi connectivity index (χ1n) is 6.18. The number of benzene rings is 2. The maximum atomic E-state index is 13.0. The van der Waals surface area contributed by atoms with E-state index in [1.807, 2.05) is 24.3 Å². The van der Waals surface area contributed by atoms with E-state index in [1.54, 1.807) is 22.8 Å². The summed E-state index contributed by atoms with van der Waals surface area (Å²) in [5.74, 6) is 0.326. The van der Waals surface area contributed by atoms with Crippen LogP contribution in [0.5, 0.6) is 0 Å². The lowest BCUT2D eigenvalue weighted by Crippen LogP contribution is -1.95. The van der Waals surface area contributed by atoms with Gasteiger partial charge in [-0.1, -0.05) is 24.3 Å². The summed E-state index contributed by atoms with van der Waals surface area (Å²) in [6.45, 7) is 0. The minimum Gasteiger partial charge on any atom is -0.207 e. The van der Waals surface area contributed by atoms with Gasteiger partial charge in [0.2, 0.25) is 0 Å². The number of fused-ring (bicyclic) bond motifs is 3. The summed E-state index contributed by atoms with van der Waals surface area (Å²) < 4.78 is 14.7. The molecule has 2 heterocycles. The second-order valence-corrected chi connectivity index (χ2v) is 4.50. The average Bonchev–Trinajstić information content (AvgIpc) is 2.92. The molecule has 2 aromatic carbocycles. The van der Waals surface area contributed by atoms with Crippen molar-refractivity contribution in [1.82, 2.24) is 19.8 Å². The van der Waals surface area contributed by atoms with Crippen LogP contribution in [0.3, 0.4) is 0 Å². The number of aromatic nitrogens is 4. The Morgan fingerprint density at radius 1 is 0.900 bits per heavy atom. The fourth-order valence-electron chi connectivity index (χ4n) is 2.27. The molecule has 0 saturated heterocycles. The molecule has 0 bridgehead atoms. The Bertz CT molecular complexity index is 912. The number of hydrogen-bond acceptors (Lipinski definition) is 3. The second-order valence-electron chi connectivity index (χ2n) is 4.50. The maximum Gasteiger partial charge on any atom is 0.186 e. The van der Waals surface area contributed by atoms with Gasteiger partial charge in [0.05, 0.1) is 6.20 Å². The fourth-order valence-corrected chi connectivity index (χ4v) is 2.27. The van der Waals surface area contributed by atoms with E-state index in [0.29, 0.717) is 11.5 Å². The minimum absolute atomic E-state index is 0.277. The van der Waals surface area contributed by atoms with Crippen molar-refractivity contribution in [3.63, 3.8) is 0 Å². The van der Waals surface area contributed by atoms with Gasteiger partial charge in [-0.15, -0.1) is 10.2 Å². The first-order valence-corrected chi connectivity index (χ1v) is 6.18. The molecule has 4 rings (SSSR count). The van der Waals surface area contributed by atoms with Gasteiger partial charge in [-0.3, -0.25) is 0 Å². The monoisotopic (exact) mass is 264 g/mol.